The van der Waals surface area contributed by atoms with Gasteiger partial charge in [0.1, 0.15) is 0 Å². The molecule has 8 heteroatoms. The average molecular weight is 462 g/mol. The predicted octanol–water partition coefficient (Wildman–Crippen LogP) is 1.51. The highest BCUT2D eigenvalue weighted by Gasteiger charge is 2.28. The van der Waals surface area contributed by atoms with E-state index in [0.717, 1.165) is 18.4 Å². The summed E-state index contributed by atoms with van der Waals surface area (Å²) in [6, 6.07) is 5.77. The zero-order valence-corrected chi connectivity index (χ0v) is 17.3. The van der Waals surface area contributed by atoms with Gasteiger partial charge in [0.2, 0.25) is 5.91 Å². The number of rotatable bonds is 8. The van der Waals surface area contributed by atoms with E-state index in [4.69, 9.17) is 9.47 Å². The minimum absolute atomic E-state index is 0. The Bertz CT molecular complexity index is 591. The molecule has 1 aromatic carbocycles. The second-order valence-corrected chi connectivity index (χ2v) is 5.61. The zero-order chi connectivity index (χ0) is 17.4. The van der Waals surface area contributed by atoms with Gasteiger partial charge < -0.3 is 25.4 Å². The molecule has 0 aromatic heterocycles. The van der Waals surface area contributed by atoms with Gasteiger partial charge in [-0.2, -0.15) is 0 Å². The summed E-state index contributed by atoms with van der Waals surface area (Å²) in [4.78, 5) is 15.7. The number of guanidine groups is 1. The molecule has 140 valence electrons. The van der Waals surface area contributed by atoms with Gasteiger partial charge in [-0.1, -0.05) is 6.07 Å². The van der Waals surface area contributed by atoms with Crippen LogP contribution in [-0.2, 0) is 11.3 Å². The number of halogens is 1. The molecule has 1 amide bonds. The lowest BCUT2D eigenvalue weighted by Crippen LogP contribution is -2.41. The first-order valence-corrected chi connectivity index (χ1v) is 8.11. The van der Waals surface area contributed by atoms with E-state index in [1.807, 2.05) is 18.2 Å². The van der Waals surface area contributed by atoms with Crippen molar-refractivity contribution in [2.75, 3.05) is 34.4 Å². The molecule has 7 nitrogen and oxygen atoms in total. The highest BCUT2D eigenvalue weighted by molar-refractivity contribution is 14.0. The highest BCUT2D eigenvalue weighted by atomic mass is 127. The van der Waals surface area contributed by atoms with E-state index >= 15 is 0 Å². The average Bonchev–Trinajstić information content (AvgIpc) is 3.45. The number of benzene rings is 1. The van der Waals surface area contributed by atoms with Crippen LogP contribution in [0, 0.1) is 5.92 Å². The third-order valence-corrected chi connectivity index (χ3v) is 3.80. The lowest BCUT2D eigenvalue weighted by atomic mass is 10.2. The quantitative estimate of drug-likeness (QED) is 0.236. The van der Waals surface area contributed by atoms with Crippen molar-refractivity contribution in [1.29, 1.82) is 0 Å². The minimum Gasteiger partial charge on any atom is -0.493 e. The predicted molar refractivity (Wildman–Crippen MR) is 109 cm³/mol. The number of carbonyl (C=O) groups excluding carboxylic acids is 1. The molecule has 1 aromatic rings. The van der Waals surface area contributed by atoms with Crippen molar-refractivity contribution in [2.24, 2.45) is 10.9 Å². The van der Waals surface area contributed by atoms with Crippen molar-refractivity contribution in [2.45, 2.75) is 19.4 Å². The Kier molecular flexibility index (Phi) is 9.40. The van der Waals surface area contributed by atoms with Crippen molar-refractivity contribution in [3.63, 3.8) is 0 Å². The largest absolute Gasteiger partial charge is 0.493 e. The van der Waals surface area contributed by atoms with Crippen LogP contribution in [0.1, 0.15) is 18.4 Å². The summed E-state index contributed by atoms with van der Waals surface area (Å²) >= 11 is 0. The summed E-state index contributed by atoms with van der Waals surface area (Å²) in [6.45, 7) is 1.82. The Morgan fingerprint density at radius 3 is 2.40 bits per heavy atom. The molecule has 1 saturated carbocycles. The molecule has 1 fully saturated rings. The van der Waals surface area contributed by atoms with Crippen LogP contribution in [0.4, 0.5) is 0 Å². The number of aliphatic imine (C=N–C) groups is 1. The van der Waals surface area contributed by atoms with Crippen LogP contribution in [0.3, 0.4) is 0 Å². The Morgan fingerprint density at radius 2 is 1.80 bits per heavy atom. The van der Waals surface area contributed by atoms with Gasteiger partial charge in [-0.3, -0.25) is 9.79 Å². The molecule has 0 aliphatic heterocycles. The van der Waals surface area contributed by atoms with E-state index < -0.39 is 0 Å². The van der Waals surface area contributed by atoms with Gasteiger partial charge in [0.05, 0.1) is 14.2 Å². The maximum atomic E-state index is 11.5. The minimum atomic E-state index is 0. The molecular formula is C17H27IN4O3. The summed E-state index contributed by atoms with van der Waals surface area (Å²) in [5.41, 5.74) is 1.05. The Balaban J connectivity index is 0.00000312. The van der Waals surface area contributed by atoms with Gasteiger partial charge in [0, 0.05) is 32.6 Å². The van der Waals surface area contributed by atoms with E-state index in [1.165, 1.54) is 0 Å². The summed E-state index contributed by atoms with van der Waals surface area (Å²) in [5.74, 6) is 2.49. The molecule has 0 unspecified atom stereocenters. The van der Waals surface area contributed by atoms with Crippen LogP contribution in [0.25, 0.3) is 0 Å². The van der Waals surface area contributed by atoms with Crippen LogP contribution in [-0.4, -0.2) is 46.2 Å². The summed E-state index contributed by atoms with van der Waals surface area (Å²) in [5, 5.41) is 9.31. The summed E-state index contributed by atoms with van der Waals surface area (Å²) in [7, 11) is 4.95. The fourth-order valence-electron chi connectivity index (χ4n) is 2.25. The van der Waals surface area contributed by atoms with Gasteiger partial charge in [-0.25, -0.2) is 0 Å². The van der Waals surface area contributed by atoms with Crippen molar-refractivity contribution in [1.82, 2.24) is 16.0 Å². The van der Waals surface area contributed by atoms with E-state index in [2.05, 4.69) is 20.9 Å². The van der Waals surface area contributed by atoms with Gasteiger partial charge in [0.15, 0.2) is 17.5 Å². The molecule has 0 radical (unpaired) electrons. The van der Waals surface area contributed by atoms with E-state index in [0.29, 0.717) is 37.1 Å². The van der Waals surface area contributed by atoms with Crippen LogP contribution < -0.4 is 25.4 Å². The number of carbonyl (C=O) groups is 1. The third-order valence-electron chi connectivity index (χ3n) is 3.80. The van der Waals surface area contributed by atoms with Crippen molar-refractivity contribution >= 4 is 35.8 Å². The van der Waals surface area contributed by atoms with Gasteiger partial charge in [0.25, 0.3) is 0 Å². The molecular weight excluding hydrogens is 435 g/mol. The van der Waals surface area contributed by atoms with Crippen LogP contribution in [0.5, 0.6) is 11.5 Å². The number of hydrogen-bond donors (Lipinski definition) is 3. The standard InChI is InChI=1S/C17H26N4O3.HI/c1-18-17(20-9-8-19-16(22)13-5-6-13)21-11-12-4-7-14(23-2)15(10-12)24-3;/h4,7,10,13H,5-6,8-9,11H2,1-3H3,(H,19,22)(H2,18,20,21);1H. The van der Waals surface area contributed by atoms with Crippen LogP contribution >= 0.6 is 24.0 Å². The van der Waals surface area contributed by atoms with E-state index in [9.17, 15) is 4.79 Å². The monoisotopic (exact) mass is 462 g/mol. The van der Waals surface area contributed by atoms with Crippen LogP contribution in [0.15, 0.2) is 23.2 Å². The molecule has 0 atom stereocenters. The molecule has 0 spiro atoms. The molecule has 1 aliphatic rings. The van der Waals surface area contributed by atoms with Gasteiger partial charge >= 0.3 is 0 Å². The second-order valence-electron chi connectivity index (χ2n) is 5.61. The maximum Gasteiger partial charge on any atom is 0.223 e. The lowest BCUT2D eigenvalue weighted by Gasteiger charge is -2.13. The molecule has 25 heavy (non-hydrogen) atoms. The molecule has 1 aliphatic carbocycles. The zero-order valence-electron chi connectivity index (χ0n) is 14.9. The maximum absolute atomic E-state index is 11.5. The third kappa shape index (κ3) is 6.97. The number of nitrogens with one attached hydrogen (secondary N) is 3. The number of methoxy groups -OCH3 is 2. The normalized spacial score (nSPS) is 13.5. The Labute approximate surface area is 166 Å². The first-order chi connectivity index (χ1) is 11.7. The van der Waals surface area contributed by atoms with E-state index in [-0.39, 0.29) is 35.8 Å². The summed E-state index contributed by atoms with van der Waals surface area (Å²) < 4.78 is 10.5. The van der Waals surface area contributed by atoms with Crippen LogP contribution in [0.2, 0.25) is 0 Å². The second kappa shape index (κ2) is 11.0. The fraction of sp³-hybridized carbons (Fsp3) is 0.529. The first-order valence-electron chi connectivity index (χ1n) is 8.11. The number of amides is 1. The molecule has 3 N–H and O–H groups in total. The highest BCUT2D eigenvalue weighted by Crippen LogP contribution is 2.28. The van der Waals surface area contributed by atoms with Gasteiger partial charge in [-0.15, -0.1) is 24.0 Å². The Morgan fingerprint density at radius 1 is 1.12 bits per heavy atom. The number of ether oxygens (including phenoxy) is 2. The summed E-state index contributed by atoms with van der Waals surface area (Å²) in [6.07, 6.45) is 2.04. The number of hydrogen-bond acceptors (Lipinski definition) is 4. The molecule has 0 bridgehead atoms. The molecule has 0 saturated heterocycles. The van der Waals surface area contributed by atoms with E-state index in [1.54, 1.807) is 21.3 Å². The van der Waals surface area contributed by atoms with Gasteiger partial charge in [-0.05, 0) is 30.5 Å². The fourth-order valence-corrected chi connectivity index (χ4v) is 2.25. The molecule has 2 rings (SSSR count). The smallest absolute Gasteiger partial charge is 0.223 e. The first kappa shape index (κ1) is 21.3. The van der Waals surface area contributed by atoms with Crippen molar-refractivity contribution in [3.8, 4) is 11.5 Å². The molecule has 0 heterocycles. The van der Waals surface area contributed by atoms with Crippen molar-refractivity contribution < 1.29 is 14.3 Å². The topological polar surface area (TPSA) is 84.0 Å². The lowest BCUT2D eigenvalue weighted by molar-refractivity contribution is -0.122. The number of nitrogens with zero attached hydrogens (tertiary/aromatic N) is 1. The SMILES string of the molecule is CN=C(NCCNC(=O)C1CC1)NCc1ccc(OC)c(OC)c1.I. The Hall–Kier alpha value is -1.71. The van der Waals surface area contributed by atoms with Crippen molar-refractivity contribution in [3.05, 3.63) is 23.8 Å².